The molecule has 172 valence electrons. The lowest BCUT2D eigenvalue weighted by atomic mass is 10.0. The predicted octanol–water partition coefficient (Wildman–Crippen LogP) is 4.91. The highest BCUT2D eigenvalue weighted by molar-refractivity contribution is 7.18. The van der Waals surface area contributed by atoms with E-state index in [1.54, 1.807) is 24.3 Å². The molecule has 0 aliphatic carbocycles. The summed E-state index contributed by atoms with van der Waals surface area (Å²) < 4.78 is 13.1. The third kappa shape index (κ3) is 6.46. The van der Waals surface area contributed by atoms with Gasteiger partial charge in [0.05, 0.1) is 6.42 Å². The Bertz CT molecular complexity index is 1280. The highest BCUT2D eigenvalue weighted by atomic mass is 35.5. The van der Waals surface area contributed by atoms with Crippen molar-refractivity contribution in [2.75, 3.05) is 5.32 Å². The predicted molar refractivity (Wildman–Crippen MR) is 131 cm³/mol. The van der Waals surface area contributed by atoms with Crippen LogP contribution in [0.25, 0.3) is 10.6 Å². The van der Waals surface area contributed by atoms with Crippen molar-refractivity contribution in [2.24, 2.45) is 0 Å². The molecule has 2 N–H and O–H groups in total. The number of carbonyl (C=O) groups is 2. The molecule has 0 saturated carbocycles. The lowest BCUT2D eigenvalue weighted by Gasteiger charge is -2.18. The van der Waals surface area contributed by atoms with Crippen LogP contribution in [0.1, 0.15) is 11.1 Å². The number of halogens is 2. The van der Waals surface area contributed by atoms with Crippen LogP contribution in [0.4, 0.5) is 9.52 Å². The van der Waals surface area contributed by atoms with E-state index in [0.29, 0.717) is 27.1 Å². The molecule has 0 aliphatic heterocycles. The van der Waals surface area contributed by atoms with Crippen molar-refractivity contribution in [1.82, 2.24) is 15.5 Å². The Hall–Kier alpha value is -3.62. The smallest absolute Gasteiger partial charge is 0.249 e. The third-order valence-electron chi connectivity index (χ3n) is 4.94. The fourth-order valence-electron chi connectivity index (χ4n) is 3.30. The molecular weight excluding hydrogens is 475 g/mol. The zero-order valence-electron chi connectivity index (χ0n) is 17.9. The number of carbonyl (C=O) groups excluding carboxylic acids is 2. The highest BCUT2D eigenvalue weighted by Gasteiger charge is 2.23. The summed E-state index contributed by atoms with van der Waals surface area (Å²) in [5.41, 5.74) is 2.33. The molecule has 0 fully saturated rings. The van der Waals surface area contributed by atoms with Gasteiger partial charge in [0.1, 0.15) is 16.9 Å². The van der Waals surface area contributed by atoms with Gasteiger partial charge in [-0.15, -0.1) is 10.2 Å². The van der Waals surface area contributed by atoms with Gasteiger partial charge in [0.2, 0.25) is 16.9 Å². The van der Waals surface area contributed by atoms with Crippen molar-refractivity contribution in [3.05, 3.63) is 101 Å². The summed E-state index contributed by atoms with van der Waals surface area (Å²) in [6.45, 7) is 0. The normalized spacial score (nSPS) is 11.6. The lowest BCUT2D eigenvalue weighted by Crippen LogP contribution is -2.45. The Kier molecular flexibility index (Phi) is 7.61. The monoisotopic (exact) mass is 494 g/mol. The average molecular weight is 495 g/mol. The summed E-state index contributed by atoms with van der Waals surface area (Å²) >= 11 is 7.26. The zero-order chi connectivity index (χ0) is 23.9. The van der Waals surface area contributed by atoms with E-state index in [4.69, 9.17) is 11.6 Å². The summed E-state index contributed by atoms with van der Waals surface area (Å²) in [6.07, 6.45) is 0.318. The van der Waals surface area contributed by atoms with Crippen molar-refractivity contribution >= 4 is 39.9 Å². The van der Waals surface area contributed by atoms with Gasteiger partial charge < -0.3 is 5.32 Å². The van der Waals surface area contributed by atoms with E-state index in [1.807, 2.05) is 42.5 Å². The molecule has 1 atom stereocenters. The average Bonchev–Trinajstić information content (AvgIpc) is 3.29. The van der Waals surface area contributed by atoms with Crippen LogP contribution in [0.2, 0.25) is 5.02 Å². The second-order valence-electron chi connectivity index (χ2n) is 7.53. The maximum atomic E-state index is 13.1. The van der Waals surface area contributed by atoms with E-state index >= 15 is 0 Å². The van der Waals surface area contributed by atoms with Gasteiger partial charge in [-0.2, -0.15) is 0 Å². The molecule has 4 aromatic rings. The second kappa shape index (κ2) is 11.0. The van der Waals surface area contributed by atoms with E-state index in [9.17, 15) is 14.0 Å². The fraction of sp³-hybridized carbons (Fsp3) is 0.120. The minimum Gasteiger partial charge on any atom is -0.344 e. The Morgan fingerprint density at radius 3 is 2.44 bits per heavy atom. The molecule has 3 aromatic carbocycles. The molecule has 6 nitrogen and oxygen atoms in total. The number of benzene rings is 3. The molecule has 9 heteroatoms. The Morgan fingerprint density at radius 1 is 0.941 bits per heavy atom. The van der Waals surface area contributed by atoms with Gasteiger partial charge in [0.15, 0.2) is 0 Å². The first kappa shape index (κ1) is 23.5. The van der Waals surface area contributed by atoms with Crippen LogP contribution in [0.3, 0.4) is 0 Å². The molecule has 34 heavy (non-hydrogen) atoms. The fourth-order valence-corrected chi connectivity index (χ4v) is 4.23. The highest BCUT2D eigenvalue weighted by Crippen LogP contribution is 2.28. The topological polar surface area (TPSA) is 84.0 Å². The van der Waals surface area contributed by atoms with E-state index in [0.717, 1.165) is 11.1 Å². The van der Waals surface area contributed by atoms with Crippen molar-refractivity contribution in [3.63, 3.8) is 0 Å². The van der Waals surface area contributed by atoms with Crippen LogP contribution in [-0.2, 0) is 22.4 Å². The van der Waals surface area contributed by atoms with Crippen molar-refractivity contribution in [3.8, 4) is 10.6 Å². The van der Waals surface area contributed by atoms with Crippen molar-refractivity contribution in [2.45, 2.75) is 18.9 Å². The Balaban J connectivity index is 1.47. The molecule has 0 aliphatic rings. The van der Waals surface area contributed by atoms with E-state index < -0.39 is 11.9 Å². The van der Waals surface area contributed by atoms with Gasteiger partial charge in [0.25, 0.3) is 0 Å². The van der Waals surface area contributed by atoms with Gasteiger partial charge in [0, 0.05) is 17.0 Å². The van der Waals surface area contributed by atoms with E-state index in [2.05, 4.69) is 20.8 Å². The molecule has 4 rings (SSSR count). The summed E-state index contributed by atoms with van der Waals surface area (Å²) in [7, 11) is 0. The number of amides is 2. The molecule has 1 heterocycles. The number of nitrogens with one attached hydrogen (secondary N) is 2. The number of hydrogen-bond donors (Lipinski definition) is 2. The number of aromatic nitrogens is 2. The molecule has 2 amide bonds. The largest absolute Gasteiger partial charge is 0.344 e. The van der Waals surface area contributed by atoms with Crippen LogP contribution in [0.5, 0.6) is 0 Å². The minimum atomic E-state index is -0.839. The minimum absolute atomic E-state index is 0.0244. The maximum Gasteiger partial charge on any atom is 0.249 e. The van der Waals surface area contributed by atoms with Crippen molar-refractivity contribution < 1.29 is 14.0 Å². The molecule has 1 aromatic heterocycles. The molecule has 0 spiro atoms. The number of nitrogens with zero attached hydrogens (tertiary/aromatic N) is 2. The second-order valence-corrected chi connectivity index (χ2v) is 8.94. The van der Waals surface area contributed by atoms with Gasteiger partial charge >= 0.3 is 0 Å². The van der Waals surface area contributed by atoms with E-state index in [-0.39, 0.29) is 18.1 Å². The van der Waals surface area contributed by atoms with Crippen LogP contribution >= 0.6 is 22.9 Å². The van der Waals surface area contributed by atoms with Gasteiger partial charge in [-0.05, 0) is 35.4 Å². The molecule has 0 radical (unpaired) electrons. The zero-order valence-corrected chi connectivity index (χ0v) is 19.4. The number of hydrogen-bond acceptors (Lipinski definition) is 5. The van der Waals surface area contributed by atoms with Crippen molar-refractivity contribution in [1.29, 1.82) is 0 Å². The summed E-state index contributed by atoms with van der Waals surface area (Å²) in [4.78, 5) is 25.7. The standard InChI is InChI=1S/C25H20ClFN4O2S/c26-19-8-4-7-18(15-19)24-30-31-25(34-24)29-23(33)21(13-16-5-2-1-3-6-16)28-22(32)14-17-9-11-20(27)12-10-17/h1-12,15,21H,13-14H2,(H,28,32)(H,29,31,33). The Morgan fingerprint density at radius 2 is 1.71 bits per heavy atom. The van der Waals surface area contributed by atoms with Gasteiger partial charge in [-0.25, -0.2) is 4.39 Å². The van der Waals surface area contributed by atoms with Crippen LogP contribution in [0.15, 0.2) is 78.9 Å². The summed E-state index contributed by atoms with van der Waals surface area (Å²) in [5, 5.41) is 15.2. The molecular formula is C25H20ClFN4O2S. The SMILES string of the molecule is O=C(Cc1ccc(F)cc1)NC(Cc1ccccc1)C(=O)Nc1nnc(-c2cccc(Cl)c2)s1. The molecule has 0 bridgehead atoms. The van der Waals surface area contributed by atoms with Crippen LogP contribution in [-0.4, -0.2) is 28.1 Å². The third-order valence-corrected chi connectivity index (χ3v) is 6.06. The van der Waals surface area contributed by atoms with Crippen LogP contribution in [0, 0.1) is 5.82 Å². The number of anilines is 1. The van der Waals surface area contributed by atoms with Crippen LogP contribution < -0.4 is 10.6 Å². The summed E-state index contributed by atoms with van der Waals surface area (Å²) in [6, 6.07) is 21.4. The quantitative estimate of drug-likeness (QED) is 0.364. The first-order valence-electron chi connectivity index (χ1n) is 10.4. The first-order valence-corrected chi connectivity index (χ1v) is 11.6. The number of rotatable bonds is 8. The van der Waals surface area contributed by atoms with E-state index in [1.165, 1.54) is 23.5 Å². The molecule has 0 saturated heterocycles. The van der Waals surface area contributed by atoms with Gasteiger partial charge in [-0.1, -0.05) is 77.5 Å². The first-order chi connectivity index (χ1) is 16.5. The summed E-state index contributed by atoms with van der Waals surface area (Å²) in [5.74, 6) is -1.13. The maximum absolute atomic E-state index is 13.1. The Labute approximate surface area is 204 Å². The lowest BCUT2D eigenvalue weighted by molar-refractivity contribution is -0.126. The molecule has 1 unspecified atom stereocenters. The van der Waals surface area contributed by atoms with Gasteiger partial charge in [-0.3, -0.25) is 14.9 Å².